The molecule has 1 saturated carbocycles. The highest BCUT2D eigenvalue weighted by Gasteiger charge is 2.30. The number of carboxylic acid groups (broad SMARTS) is 1. The van der Waals surface area contributed by atoms with Crippen LogP contribution in [-0.2, 0) is 11.2 Å². The Kier molecular flexibility index (Phi) is 8.33. The Hall–Kier alpha value is -2.88. The standard InChI is InChI=1S/C27H33NO7S/c1-5-34-19-11-10-18(27(30)31)24-26(19)36-23(28-24)14-22(35-17-8-6-7-9-17)25(29)16-12-20(32-3)15(2)21(13-16)33-4/h10-13,17,22,25,29H,5-9,14H2,1-4H3,(H,30,31)/t22-,25+/m0/s1. The van der Waals surface area contributed by atoms with Crippen LogP contribution in [0.4, 0.5) is 0 Å². The first-order valence-electron chi connectivity index (χ1n) is 12.2. The van der Waals surface area contributed by atoms with Crippen molar-refractivity contribution < 1.29 is 34.0 Å². The van der Waals surface area contributed by atoms with Gasteiger partial charge >= 0.3 is 5.97 Å². The normalized spacial score (nSPS) is 15.7. The number of carbonyl (C=O) groups is 1. The van der Waals surface area contributed by atoms with Gasteiger partial charge in [-0.2, -0.15) is 0 Å². The summed E-state index contributed by atoms with van der Waals surface area (Å²) in [6.45, 7) is 4.24. The van der Waals surface area contributed by atoms with Crippen molar-refractivity contribution in [1.82, 2.24) is 4.98 Å². The van der Waals surface area contributed by atoms with Gasteiger partial charge in [-0.15, -0.1) is 11.3 Å². The number of aromatic nitrogens is 1. The van der Waals surface area contributed by atoms with Gasteiger partial charge in [-0.25, -0.2) is 9.78 Å². The number of ether oxygens (including phenoxy) is 4. The van der Waals surface area contributed by atoms with Gasteiger partial charge in [-0.3, -0.25) is 0 Å². The molecule has 2 aromatic carbocycles. The van der Waals surface area contributed by atoms with Crippen molar-refractivity contribution in [3.63, 3.8) is 0 Å². The SMILES string of the molecule is CCOc1ccc(C(=O)O)c2nc(C[C@H](OC3CCCC3)[C@H](O)c3cc(OC)c(C)c(OC)c3)sc12. The molecule has 0 spiro atoms. The molecule has 0 radical (unpaired) electrons. The molecule has 1 fully saturated rings. The smallest absolute Gasteiger partial charge is 0.337 e. The summed E-state index contributed by atoms with van der Waals surface area (Å²) in [4.78, 5) is 16.5. The fourth-order valence-corrected chi connectivity index (χ4v) is 5.83. The fraction of sp³-hybridized carbons (Fsp3) is 0.481. The topological polar surface area (TPSA) is 107 Å². The average Bonchev–Trinajstić information content (AvgIpc) is 3.53. The van der Waals surface area contributed by atoms with Crippen LogP contribution in [0.25, 0.3) is 10.2 Å². The van der Waals surface area contributed by atoms with Gasteiger partial charge in [0.15, 0.2) is 0 Å². The molecule has 8 nitrogen and oxygen atoms in total. The molecule has 1 heterocycles. The third-order valence-corrected chi connectivity index (χ3v) is 7.69. The molecular formula is C27H33NO7S. The summed E-state index contributed by atoms with van der Waals surface area (Å²) in [5.74, 6) is 0.798. The summed E-state index contributed by atoms with van der Waals surface area (Å²) in [5.41, 5.74) is 1.98. The number of nitrogens with zero attached hydrogens (tertiary/aromatic N) is 1. The minimum atomic E-state index is -1.04. The first-order valence-corrected chi connectivity index (χ1v) is 13.0. The average molecular weight is 516 g/mol. The molecule has 2 N–H and O–H groups in total. The third kappa shape index (κ3) is 5.43. The number of hydrogen-bond acceptors (Lipinski definition) is 8. The van der Waals surface area contributed by atoms with E-state index in [-0.39, 0.29) is 11.7 Å². The molecule has 0 saturated heterocycles. The van der Waals surface area contributed by atoms with Crippen LogP contribution in [0.1, 0.15) is 65.2 Å². The number of thiazole rings is 1. The molecule has 0 bridgehead atoms. The number of benzene rings is 2. The van der Waals surface area contributed by atoms with Crippen LogP contribution in [0.3, 0.4) is 0 Å². The van der Waals surface area contributed by atoms with Gasteiger partial charge < -0.3 is 29.2 Å². The Morgan fingerprint density at radius 2 is 1.81 bits per heavy atom. The van der Waals surface area contributed by atoms with Crippen LogP contribution in [0, 0.1) is 6.92 Å². The van der Waals surface area contributed by atoms with E-state index in [0.717, 1.165) is 31.2 Å². The molecule has 1 aromatic heterocycles. The van der Waals surface area contributed by atoms with Crippen molar-refractivity contribution in [2.24, 2.45) is 0 Å². The Balaban J connectivity index is 1.72. The second-order valence-electron chi connectivity index (χ2n) is 8.92. The lowest BCUT2D eigenvalue weighted by Gasteiger charge is -2.27. The Morgan fingerprint density at radius 1 is 1.14 bits per heavy atom. The second-order valence-corrected chi connectivity index (χ2v) is 10.00. The number of rotatable bonds is 11. The van der Waals surface area contributed by atoms with Crippen LogP contribution in [0.5, 0.6) is 17.2 Å². The van der Waals surface area contributed by atoms with E-state index < -0.39 is 18.2 Å². The molecule has 4 rings (SSSR count). The van der Waals surface area contributed by atoms with Crippen molar-refractivity contribution >= 4 is 27.5 Å². The van der Waals surface area contributed by atoms with Crippen molar-refractivity contribution in [3.05, 3.63) is 46.0 Å². The summed E-state index contributed by atoms with van der Waals surface area (Å²) >= 11 is 1.37. The number of aliphatic hydroxyl groups is 1. The maximum Gasteiger partial charge on any atom is 0.337 e. The molecule has 2 atom stereocenters. The zero-order valence-corrected chi connectivity index (χ0v) is 21.9. The summed E-state index contributed by atoms with van der Waals surface area (Å²) in [7, 11) is 3.17. The number of carboxylic acids is 1. The molecule has 0 unspecified atom stereocenters. The van der Waals surface area contributed by atoms with Crippen molar-refractivity contribution in [1.29, 1.82) is 0 Å². The van der Waals surface area contributed by atoms with Crippen LogP contribution in [0.2, 0.25) is 0 Å². The Morgan fingerprint density at radius 3 is 2.39 bits per heavy atom. The van der Waals surface area contributed by atoms with Gasteiger partial charge in [0.05, 0.1) is 53.8 Å². The van der Waals surface area contributed by atoms with Crippen molar-refractivity contribution in [3.8, 4) is 17.2 Å². The molecule has 194 valence electrons. The predicted octanol–water partition coefficient (Wildman–Crippen LogP) is 5.32. The second kappa shape index (κ2) is 11.5. The number of fused-ring (bicyclic) bond motifs is 1. The van der Waals surface area contributed by atoms with Gasteiger partial charge in [0, 0.05) is 12.0 Å². The zero-order chi connectivity index (χ0) is 25.8. The molecular weight excluding hydrogens is 482 g/mol. The van der Waals surface area contributed by atoms with E-state index in [1.807, 2.05) is 26.0 Å². The molecule has 1 aliphatic rings. The zero-order valence-electron chi connectivity index (χ0n) is 21.1. The first kappa shape index (κ1) is 26.2. The van der Waals surface area contributed by atoms with Crippen LogP contribution in [-0.4, -0.2) is 54.2 Å². The summed E-state index contributed by atoms with van der Waals surface area (Å²) in [6, 6.07) is 6.80. The molecule has 1 aliphatic carbocycles. The monoisotopic (exact) mass is 515 g/mol. The summed E-state index contributed by atoms with van der Waals surface area (Å²) in [5, 5.41) is 21.9. The van der Waals surface area contributed by atoms with Gasteiger partial charge in [-0.05, 0) is 56.5 Å². The predicted molar refractivity (Wildman–Crippen MR) is 138 cm³/mol. The number of methoxy groups -OCH3 is 2. The van der Waals surface area contributed by atoms with E-state index in [9.17, 15) is 15.0 Å². The van der Waals surface area contributed by atoms with Gasteiger partial charge in [-0.1, -0.05) is 12.8 Å². The number of aliphatic hydroxyl groups excluding tert-OH is 1. The molecule has 3 aromatic rings. The number of hydrogen-bond donors (Lipinski definition) is 2. The highest BCUT2D eigenvalue weighted by molar-refractivity contribution is 7.19. The minimum Gasteiger partial charge on any atom is -0.496 e. The lowest BCUT2D eigenvalue weighted by Crippen LogP contribution is -2.29. The minimum absolute atomic E-state index is 0.0573. The molecule has 0 aliphatic heterocycles. The highest BCUT2D eigenvalue weighted by Crippen LogP contribution is 2.38. The van der Waals surface area contributed by atoms with Gasteiger partial charge in [0.1, 0.15) is 23.4 Å². The van der Waals surface area contributed by atoms with Crippen molar-refractivity contribution in [2.45, 2.75) is 64.3 Å². The van der Waals surface area contributed by atoms with E-state index in [1.165, 1.54) is 17.4 Å². The first-order chi connectivity index (χ1) is 17.4. The molecule has 9 heteroatoms. The van der Waals surface area contributed by atoms with Crippen LogP contribution >= 0.6 is 11.3 Å². The largest absolute Gasteiger partial charge is 0.496 e. The van der Waals surface area contributed by atoms with Crippen LogP contribution < -0.4 is 14.2 Å². The molecule has 36 heavy (non-hydrogen) atoms. The van der Waals surface area contributed by atoms with E-state index >= 15 is 0 Å². The third-order valence-electron chi connectivity index (χ3n) is 6.60. The van der Waals surface area contributed by atoms with E-state index in [2.05, 4.69) is 4.98 Å². The Bertz CT molecular complexity index is 1190. The maximum atomic E-state index is 11.8. The van der Waals surface area contributed by atoms with Crippen LogP contribution in [0.15, 0.2) is 24.3 Å². The molecule has 0 amide bonds. The van der Waals surface area contributed by atoms with Crippen molar-refractivity contribution in [2.75, 3.05) is 20.8 Å². The Labute approximate surface area is 214 Å². The lowest BCUT2D eigenvalue weighted by molar-refractivity contribution is -0.0753. The quantitative estimate of drug-likeness (QED) is 0.353. The highest BCUT2D eigenvalue weighted by atomic mass is 32.1. The van der Waals surface area contributed by atoms with E-state index in [4.69, 9.17) is 18.9 Å². The number of aromatic carboxylic acids is 1. The van der Waals surface area contributed by atoms with Gasteiger partial charge in [0.2, 0.25) is 0 Å². The van der Waals surface area contributed by atoms with E-state index in [1.54, 1.807) is 20.3 Å². The maximum absolute atomic E-state index is 11.8. The lowest BCUT2D eigenvalue weighted by atomic mass is 9.99. The summed E-state index contributed by atoms with van der Waals surface area (Å²) in [6.07, 6.45) is 2.91. The fourth-order valence-electron chi connectivity index (χ4n) is 4.73. The van der Waals surface area contributed by atoms with Gasteiger partial charge in [0.25, 0.3) is 0 Å². The summed E-state index contributed by atoms with van der Waals surface area (Å²) < 4.78 is 23.9. The van der Waals surface area contributed by atoms with E-state index in [0.29, 0.717) is 51.1 Å².